The van der Waals surface area contributed by atoms with Gasteiger partial charge in [0.25, 0.3) is 0 Å². The van der Waals surface area contributed by atoms with Crippen molar-refractivity contribution >= 4 is 6.09 Å². The average molecular weight is 297 g/mol. The van der Waals surface area contributed by atoms with Gasteiger partial charge in [-0.25, -0.2) is 4.79 Å². The van der Waals surface area contributed by atoms with Crippen LogP contribution in [-0.4, -0.2) is 37.1 Å². The standard InChI is InChI=1S/C15H23NO5/c1-15(2,3)21-14(18)16-10-11-5-6-12(20-8-7-17)13(9-11)19-4/h5-6,9,17H,7-8,10H2,1-4H3,(H,16,18). The summed E-state index contributed by atoms with van der Waals surface area (Å²) in [5, 5.41) is 11.4. The number of hydrogen-bond acceptors (Lipinski definition) is 5. The lowest BCUT2D eigenvalue weighted by Gasteiger charge is -2.19. The zero-order chi connectivity index (χ0) is 15.9. The van der Waals surface area contributed by atoms with E-state index in [9.17, 15) is 4.79 Å². The molecule has 0 radical (unpaired) electrons. The molecule has 0 aliphatic rings. The lowest BCUT2D eigenvalue weighted by Crippen LogP contribution is -2.32. The van der Waals surface area contributed by atoms with Gasteiger partial charge in [0.15, 0.2) is 11.5 Å². The lowest BCUT2D eigenvalue weighted by molar-refractivity contribution is 0.0523. The number of carbonyl (C=O) groups is 1. The van der Waals surface area contributed by atoms with Crippen molar-refractivity contribution in [2.24, 2.45) is 0 Å². The minimum Gasteiger partial charge on any atom is -0.493 e. The van der Waals surface area contributed by atoms with E-state index in [0.717, 1.165) is 5.56 Å². The summed E-state index contributed by atoms with van der Waals surface area (Å²) >= 11 is 0. The Labute approximate surface area is 125 Å². The van der Waals surface area contributed by atoms with Gasteiger partial charge in [-0.3, -0.25) is 0 Å². The zero-order valence-electron chi connectivity index (χ0n) is 12.9. The van der Waals surface area contributed by atoms with Crippen LogP contribution >= 0.6 is 0 Å². The minimum atomic E-state index is -0.524. The van der Waals surface area contributed by atoms with E-state index in [-0.39, 0.29) is 13.2 Å². The smallest absolute Gasteiger partial charge is 0.407 e. The summed E-state index contributed by atoms with van der Waals surface area (Å²) in [4.78, 5) is 11.6. The predicted octanol–water partition coefficient (Wildman–Crippen LogP) is 2.09. The van der Waals surface area contributed by atoms with Crippen LogP contribution in [0.2, 0.25) is 0 Å². The molecule has 0 aromatic heterocycles. The van der Waals surface area contributed by atoms with Crippen LogP contribution in [0.1, 0.15) is 26.3 Å². The molecule has 0 bridgehead atoms. The van der Waals surface area contributed by atoms with Crippen molar-refractivity contribution in [3.05, 3.63) is 23.8 Å². The number of hydrogen-bond donors (Lipinski definition) is 2. The van der Waals surface area contributed by atoms with Gasteiger partial charge in [-0.05, 0) is 38.5 Å². The van der Waals surface area contributed by atoms with E-state index >= 15 is 0 Å². The molecule has 118 valence electrons. The number of aliphatic hydroxyl groups excluding tert-OH is 1. The van der Waals surface area contributed by atoms with Crippen molar-refractivity contribution in [2.45, 2.75) is 32.9 Å². The number of nitrogens with one attached hydrogen (secondary N) is 1. The third-order valence-electron chi connectivity index (χ3n) is 2.41. The maximum absolute atomic E-state index is 11.6. The predicted molar refractivity (Wildman–Crippen MR) is 78.6 cm³/mol. The van der Waals surface area contributed by atoms with Crippen LogP contribution in [-0.2, 0) is 11.3 Å². The number of aliphatic hydroxyl groups is 1. The second-order valence-corrected chi connectivity index (χ2v) is 5.41. The normalized spacial score (nSPS) is 10.9. The lowest BCUT2D eigenvalue weighted by atomic mass is 10.2. The Morgan fingerprint density at radius 1 is 1.29 bits per heavy atom. The van der Waals surface area contributed by atoms with Crippen LogP contribution in [0.25, 0.3) is 0 Å². The number of ether oxygens (including phenoxy) is 3. The highest BCUT2D eigenvalue weighted by Gasteiger charge is 2.16. The summed E-state index contributed by atoms with van der Waals surface area (Å²) in [6.45, 7) is 5.89. The number of alkyl carbamates (subject to hydrolysis) is 1. The maximum atomic E-state index is 11.6. The second-order valence-electron chi connectivity index (χ2n) is 5.41. The van der Waals surface area contributed by atoms with Crippen molar-refractivity contribution in [1.82, 2.24) is 5.32 Å². The highest BCUT2D eigenvalue weighted by molar-refractivity contribution is 5.67. The van der Waals surface area contributed by atoms with Gasteiger partial charge in [0.05, 0.1) is 13.7 Å². The molecule has 0 unspecified atom stereocenters. The first-order chi connectivity index (χ1) is 9.85. The van der Waals surface area contributed by atoms with Gasteiger partial charge in [-0.15, -0.1) is 0 Å². The third kappa shape index (κ3) is 6.35. The summed E-state index contributed by atoms with van der Waals surface area (Å²) in [7, 11) is 1.53. The van der Waals surface area contributed by atoms with Gasteiger partial charge in [0, 0.05) is 6.54 Å². The highest BCUT2D eigenvalue weighted by Crippen LogP contribution is 2.28. The second kappa shape index (κ2) is 7.73. The van der Waals surface area contributed by atoms with Gasteiger partial charge in [0.1, 0.15) is 12.2 Å². The molecule has 0 spiro atoms. The van der Waals surface area contributed by atoms with Crippen molar-refractivity contribution in [3.63, 3.8) is 0 Å². The van der Waals surface area contributed by atoms with Gasteiger partial charge < -0.3 is 24.6 Å². The molecule has 0 aliphatic carbocycles. The Hall–Kier alpha value is -1.95. The fourth-order valence-electron chi connectivity index (χ4n) is 1.59. The van der Waals surface area contributed by atoms with E-state index < -0.39 is 11.7 Å². The molecule has 6 heteroatoms. The SMILES string of the molecule is COc1cc(CNC(=O)OC(C)(C)C)ccc1OCCO. The zero-order valence-corrected chi connectivity index (χ0v) is 12.9. The Bertz CT molecular complexity index is 468. The van der Waals surface area contributed by atoms with E-state index in [2.05, 4.69) is 5.32 Å². The largest absolute Gasteiger partial charge is 0.493 e. The van der Waals surface area contributed by atoms with Gasteiger partial charge >= 0.3 is 6.09 Å². The summed E-state index contributed by atoms with van der Waals surface area (Å²) in [6, 6.07) is 5.32. The monoisotopic (exact) mass is 297 g/mol. The van der Waals surface area contributed by atoms with E-state index in [0.29, 0.717) is 18.0 Å². The number of benzene rings is 1. The Kier molecular flexibility index (Phi) is 6.30. The minimum absolute atomic E-state index is 0.0644. The van der Waals surface area contributed by atoms with Crippen molar-refractivity contribution in [1.29, 1.82) is 0 Å². The first-order valence-corrected chi connectivity index (χ1v) is 6.73. The summed E-state index contributed by atoms with van der Waals surface area (Å²) in [6.07, 6.45) is -0.470. The third-order valence-corrected chi connectivity index (χ3v) is 2.41. The molecule has 0 saturated heterocycles. The van der Waals surface area contributed by atoms with Crippen LogP contribution in [0.5, 0.6) is 11.5 Å². The summed E-state index contributed by atoms with van der Waals surface area (Å²) < 4.78 is 15.7. The van der Waals surface area contributed by atoms with Gasteiger partial charge in [0.2, 0.25) is 0 Å². The Morgan fingerprint density at radius 3 is 2.57 bits per heavy atom. The average Bonchev–Trinajstić information content (AvgIpc) is 2.41. The molecule has 1 aromatic carbocycles. The van der Waals surface area contributed by atoms with Gasteiger partial charge in [-0.2, -0.15) is 0 Å². The first-order valence-electron chi connectivity index (χ1n) is 6.73. The van der Waals surface area contributed by atoms with Crippen LogP contribution < -0.4 is 14.8 Å². The molecule has 1 rings (SSSR count). The molecular formula is C15H23NO5. The van der Waals surface area contributed by atoms with Crippen LogP contribution in [0, 0.1) is 0 Å². The molecule has 0 fully saturated rings. The van der Waals surface area contributed by atoms with E-state index in [4.69, 9.17) is 19.3 Å². The fraction of sp³-hybridized carbons (Fsp3) is 0.533. The van der Waals surface area contributed by atoms with E-state index in [1.54, 1.807) is 12.1 Å². The van der Waals surface area contributed by atoms with E-state index in [1.807, 2.05) is 26.8 Å². The van der Waals surface area contributed by atoms with Crippen molar-refractivity contribution < 1.29 is 24.1 Å². The number of rotatable bonds is 6. The summed E-state index contributed by atoms with van der Waals surface area (Å²) in [5.41, 5.74) is 0.332. The first kappa shape index (κ1) is 17.1. The Morgan fingerprint density at radius 2 is 2.00 bits per heavy atom. The molecule has 21 heavy (non-hydrogen) atoms. The van der Waals surface area contributed by atoms with Crippen molar-refractivity contribution in [3.8, 4) is 11.5 Å². The highest BCUT2D eigenvalue weighted by atomic mass is 16.6. The molecule has 0 heterocycles. The van der Waals surface area contributed by atoms with E-state index in [1.165, 1.54) is 7.11 Å². The molecule has 2 N–H and O–H groups in total. The molecule has 0 atom stereocenters. The van der Waals surface area contributed by atoms with Gasteiger partial charge in [-0.1, -0.05) is 6.07 Å². The molecule has 0 saturated carbocycles. The quantitative estimate of drug-likeness (QED) is 0.840. The van der Waals surface area contributed by atoms with Crippen LogP contribution in [0.4, 0.5) is 4.79 Å². The topological polar surface area (TPSA) is 77.0 Å². The molecule has 0 aliphatic heterocycles. The fourth-order valence-corrected chi connectivity index (χ4v) is 1.59. The summed E-state index contributed by atoms with van der Waals surface area (Å²) in [5.74, 6) is 1.10. The number of carbonyl (C=O) groups excluding carboxylic acids is 1. The number of methoxy groups -OCH3 is 1. The number of amides is 1. The Balaban J connectivity index is 2.62. The van der Waals surface area contributed by atoms with Crippen LogP contribution in [0.3, 0.4) is 0 Å². The molecule has 1 aromatic rings. The molecular weight excluding hydrogens is 274 g/mol. The molecule has 6 nitrogen and oxygen atoms in total. The molecule has 1 amide bonds. The maximum Gasteiger partial charge on any atom is 0.407 e. The van der Waals surface area contributed by atoms with Crippen LogP contribution in [0.15, 0.2) is 18.2 Å². The van der Waals surface area contributed by atoms with Crippen molar-refractivity contribution in [2.75, 3.05) is 20.3 Å².